The van der Waals surface area contributed by atoms with Crippen LogP contribution in [0.5, 0.6) is 0 Å². The molecule has 0 N–H and O–H groups in total. The summed E-state index contributed by atoms with van der Waals surface area (Å²) in [5, 5.41) is 6.02. The molecular weight excluding hydrogens is 290 g/mol. The number of aromatic nitrogens is 3. The highest BCUT2D eigenvalue weighted by molar-refractivity contribution is 7.16. The molecule has 3 rings (SSSR count). The first-order valence-corrected chi connectivity index (χ1v) is 8.80. The van der Waals surface area contributed by atoms with Crippen molar-refractivity contribution in [3.63, 3.8) is 0 Å². The molecule has 0 amide bonds. The van der Waals surface area contributed by atoms with Gasteiger partial charge in [0, 0.05) is 11.5 Å². The molecule has 22 heavy (non-hydrogen) atoms. The average Bonchev–Trinajstić information content (AvgIpc) is 3.04. The molecule has 2 heterocycles. The van der Waals surface area contributed by atoms with Gasteiger partial charge in [-0.05, 0) is 50.8 Å². The molecule has 116 valence electrons. The first kappa shape index (κ1) is 15.2. The van der Waals surface area contributed by atoms with Crippen LogP contribution in [0.4, 0.5) is 0 Å². The number of fused-ring (bicyclic) bond motifs is 1. The Hall–Kier alpha value is -1.68. The first-order valence-electron chi connectivity index (χ1n) is 7.98. The van der Waals surface area contributed by atoms with Gasteiger partial charge in [-0.25, -0.2) is 9.50 Å². The standard InChI is InChI=1S/C18H23N3S/c1-6-14(7-2)17-20-21-13(5)16(19-18(21)22-17)15-9-8-11(3)12(4)10-15/h8-10,14H,6-7H2,1-5H3. The average molecular weight is 313 g/mol. The van der Waals surface area contributed by atoms with Crippen LogP contribution in [0.2, 0.25) is 0 Å². The van der Waals surface area contributed by atoms with Crippen LogP contribution < -0.4 is 0 Å². The third kappa shape index (κ3) is 2.45. The summed E-state index contributed by atoms with van der Waals surface area (Å²) in [5.41, 5.74) is 5.99. The Balaban J connectivity index is 2.07. The summed E-state index contributed by atoms with van der Waals surface area (Å²) in [6.45, 7) is 10.9. The van der Waals surface area contributed by atoms with Gasteiger partial charge in [-0.3, -0.25) is 0 Å². The number of hydrogen-bond donors (Lipinski definition) is 0. The van der Waals surface area contributed by atoms with Gasteiger partial charge in [-0.2, -0.15) is 5.10 Å². The van der Waals surface area contributed by atoms with Crippen LogP contribution in [0, 0.1) is 20.8 Å². The second kappa shape index (κ2) is 5.84. The van der Waals surface area contributed by atoms with Gasteiger partial charge in [-0.1, -0.05) is 37.3 Å². The normalized spacial score (nSPS) is 11.7. The molecule has 3 aromatic rings. The van der Waals surface area contributed by atoms with Crippen LogP contribution >= 0.6 is 11.3 Å². The van der Waals surface area contributed by atoms with Crippen LogP contribution in [0.15, 0.2) is 18.2 Å². The molecule has 0 aliphatic carbocycles. The smallest absolute Gasteiger partial charge is 0.212 e. The molecule has 3 nitrogen and oxygen atoms in total. The van der Waals surface area contributed by atoms with Gasteiger partial charge in [0.05, 0.1) is 11.4 Å². The Morgan fingerprint density at radius 3 is 2.41 bits per heavy atom. The van der Waals surface area contributed by atoms with Crippen molar-refractivity contribution in [3.05, 3.63) is 40.0 Å². The Labute approximate surface area is 136 Å². The molecule has 0 bridgehead atoms. The first-order chi connectivity index (χ1) is 10.5. The van der Waals surface area contributed by atoms with Gasteiger partial charge < -0.3 is 0 Å². The van der Waals surface area contributed by atoms with Crippen molar-refractivity contribution in [2.75, 3.05) is 0 Å². The number of nitrogens with zero attached hydrogens (tertiary/aromatic N) is 3. The maximum absolute atomic E-state index is 4.84. The van der Waals surface area contributed by atoms with Crippen LogP contribution in [0.25, 0.3) is 16.2 Å². The second-order valence-corrected chi connectivity index (χ2v) is 6.98. The highest BCUT2D eigenvalue weighted by Gasteiger charge is 2.18. The van der Waals surface area contributed by atoms with E-state index in [1.54, 1.807) is 11.3 Å². The summed E-state index contributed by atoms with van der Waals surface area (Å²) in [5.74, 6) is 0.552. The largest absolute Gasteiger partial charge is 0.217 e. The number of hydrogen-bond acceptors (Lipinski definition) is 3. The highest BCUT2D eigenvalue weighted by Crippen LogP contribution is 2.31. The van der Waals surface area contributed by atoms with Crippen molar-refractivity contribution < 1.29 is 0 Å². The van der Waals surface area contributed by atoms with Gasteiger partial charge in [0.1, 0.15) is 5.01 Å². The summed E-state index contributed by atoms with van der Waals surface area (Å²) in [6.07, 6.45) is 2.27. The van der Waals surface area contributed by atoms with Gasteiger partial charge in [-0.15, -0.1) is 0 Å². The zero-order chi connectivity index (χ0) is 15.9. The Bertz CT molecular complexity index is 809. The van der Waals surface area contributed by atoms with Gasteiger partial charge in [0.15, 0.2) is 0 Å². The molecule has 0 aliphatic rings. The molecule has 0 spiro atoms. The molecule has 0 saturated heterocycles. The van der Waals surface area contributed by atoms with Crippen LogP contribution in [-0.2, 0) is 0 Å². The summed E-state index contributed by atoms with van der Waals surface area (Å²) >= 11 is 1.73. The van der Waals surface area contributed by atoms with E-state index in [2.05, 4.69) is 52.8 Å². The maximum atomic E-state index is 4.84. The fourth-order valence-corrected chi connectivity index (χ4v) is 4.04. The van der Waals surface area contributed by atoms with Crippen molar-refractivity contribution in [1.29, 1.82) is 0 Å². The van der Waals surface area contributed by atoms with Crippen molar-refractivity contribution in [1.82, 2.24) is 14.6 Å². The van der Waals surface area contributed by atoms with E-state index in [0.717, 1.165) is 29.2 Å². The van der Waals surface area contributed by atoms with Crippen molar-refractivity contribution in [2.45, 2.75) is 53.4 Å². The molecule has 0 saturated carbocycles. The Kier molecular flexibility index (Phi) is 4.04. The zero-order valence-electron chi connectivity index (χ0n) is 14.0. The number of imidazole rings is 1. The SMILES string of the molecule is CCC(CC)c1nn2c(C)c(-c3ccc(C)c(C)c3)nc2s1. The fourth-order valence-electron chi connectivity index (χ4n) is 2.83. The maximum Gasteiger partial charge on any atom is 0.212 e. The summed E-state index contributed by atoms with van der Waals surface area (Å²) in [4.78, 5) is 5.85. The van der Waals surface area contributed by atoms with E-state index in [0.29, 0.717) is 5.92 Å². The van der Waals surface area contributed by atoms with Crippen molar-refractivity contribution >= 4 is 16.3 Å². The third-order valence-electron chi connectivity index (χ3n) is 4.56. The van der Waals surface area contributed by atoms with Crippen molar-refractivity contribution in [2.24, 2.45) is 0 Å². The Morgan fingerprint density at radius 1 is 1.09 bits per heavy atom. The summed E-state index contributed by atoms with van der Waals surface area (Å²) < 4.78 is 2.02. The minimum atomic E-state index is 0.552. The molecule has 0 unspecified atom stereocenters. The fraction of sp³-hybridized carbons (Fsp3) is 0.444. The molecule has 0 fully saturated rings. The minimum absolute atomic E-state index is 0.552. The van der Waals surface area contributed by atoms with E-state index in [1.165, 1.54) is 21.7 Å². The van der Waals surface area contributed by atoms with Crippen LogP contribution in [0.3, 0.4) is 0 Å². The predicted octanol–water partition coefficient (Wildman–Crippen LogP) is 5.29. The molecule has 1 aromatic carbocycles. The van der Waals surface area contributed by atoms with E-state index >= 15 is 0 Å². The number of aryl methyl sites for hydroxylation is 3. The second-order valence-electron chi connectivity index (χ2n) is 5.99. The lowest BCUT2D eigenvalue weighted by atomic mass is 10.0. The van der Waals surface area contributed by atoms with E-state index < -0.39 is 0 Å². The van der Waals surface area contributed by atoms with Crippen LogP contribution in [0.1, 0.15) is 54.4 Å². The molecule has 0 aliphatic heterocycles. The monoisotopic (exact) mass is 313 g/mol. The van der Waals surface area contributed by atoms with E-state index in [4.69, 9.17) is 10.1 Å². The molecule has 0 radical (unpaired) electrons. The lowest BCUT2D eigenvalue weighted by Gasteiger charge is -2.07. The van der Waals surface area contributed by atoms with E-state index in [1.807, 2.05) is 4.52 Å². The van der Waals surface area contributed by atoms with E-state index in [9.17, 15) is 0 Å². The van der Waals surface area contributed by atoms with Gasteiger partial charge in [0.25, 0.3) is 0 Å². The minimum Gasteiger partial charge on any atom is -0.217 e. The summed E-state index contributed by atoms with van der Waals surface area (Å²) in [7, 11) is 0. The molecule has 0 atom stereocenters. The number of rotatable bonds is 4. The highest BCUT2D eigenvalue weighted by atomic mass is 32.1. The molecular formula is C18H23N3S. The zero-order valence-corrected chi connectivity index (χ0v) is 14.8. The topological polar surface area (TPSA) is 30.2 Å². The lowest BCUT2D eigenvalue weighted by molar-refractivity contribution is 0.624. The van der Waals surface area contributed by atoms with Gasteiger partial charge in [0.2, 0.25) is 4.96 Å². The summed E-state index contributed by atoms with van der Waals surface area (Å²) in [6, 6.07) is 6.54. The van der Waals surface area contributed by atoms with Crippen LogP contribution in [-0.4, -0.2) is 14.6 Å². The molecule has 2 aromatic heterocycles. The van der Waals surface area contributed by atoms with E-state index in [-0.39, 0.29) is 0 Å². The molecule has 4 heteroatoms. The van der Waals surface area contributed by atoms with Crippen molar-refractivity contribution in [3.8, 4) is 11.3 Å². The van der Waals surface area contributed by atoms with Gasteiger partial charge >= 0.3 is 0 Å². The quantitative estimate of drug-likeness (QED) is 0.655. The lowest BCUT2D eigenvalue weighted by Crippen LogP contribution is -1.97. The predicted molar refractivity (Wildman–Crippen MR) is 93.8 cm³/mol. The Morgan fingerprint density at radius 2 is 1.82 bits per heavy atom. The third-order valence-corrected chi connectivity index (χ3v) is 5.63. The number of benzene rings is 1.